The van der Waals surface area contributed by atoms with Crippen LogP contribution in [0, 0.1) is 0 Å². The number of nitrogens with one attached hydrogen (secondary N) is 1. The van der Waals surface area contributed by atoms with Crippen LogP contribution < -0.4 is 5.32 Å². The highest BCUT2D eigenvalue weighted by atomic mass is 16.4. The molecule has 4 aromatic rings. The summed E-state index contributed by atoms with van der Waals surface area (Å²) < 4.78 is 2.39. The van der Waals surface area contributed by atoms with Crippen LogP contribution in [-0.2, 0) is 0 Å². The zero-order chi connectivity index (χ0) is 24.1. The number of carbonyl (C=O) groups is 1. The Morgan fingerprint density at radius 3 is 2.12 bits per heavy atom. The standard InChI is InChI=1S/C26H27N3O2.C2H6.CH4/c1-16(2)24-21-13-10-19(22-7-5-6-14-27-22)15-23(21)29(17(3)4)25(24)18-8-11-20(12-9-18)28-26(30)31;1-2;/h5-17,28H,1-4H3,(H,30,31);1-2H3;1H4. The molecule has 0 aliphatic carbocycles. The van der Waals surface area contributed by atoms with Crippen LogP contribution in [0.15, 0.2) is 66.9 Å². The first-order valence-corrected chi connectivity index (χ1v) is 11.6. The minimum atomic E-state index is -1.06. The van der Waals surface area contributed by atoms with Gasteiger partial charge in [0.25, 0.3) is 0 Å². The van der Waals surface area contributed by atoms with Crippen LogP contribution in [-0.4, -0.2) is 20.8 Å². The molecule has 0 fully saturated rings. The second-order valence-corrected chi connectivity index (χ2v) is 8.34. The molecule has 0 radical (unpaired) electrons. The summed E-state index contributed by atoms with van der Waals surface area (Å²) in [6, 6.07) is 20.4. The Hall–Kier alpha value is -3.60. The zero-order valence-corrected chi connectivity index (χ0v) is 20.3. The number of carboxylic acid groups (broad SMARTS) is 1. The van der Waals surface area contributed by atoms with E-state index in [1.54, 1.807) is 0 Å². The quantitative estimate of drug-likeness (QED) is 0.313. The van der Waals surface area contributed by atoms with Crippen molar-refractivity contribution in [3.8, 4) is 22.5 Å². The number of hydrogen-bond acceptors (Lipinski definition) is 2. The van der Waals surface area contributed by atoms with E-state index in [4.69, 9.17) is 5.11 Å². The maximum Gasteiger partial charge on any atom is 0.409 e. The summed E-state index contributed by atoms with van der Waals surface area (Å²) >= 11 is 0. The molecule has 2 aromatic carbocycles. The molecule has 5 heteroatoms. The van der Waals surface area contributed by atoms with Crippen molar-refractivity contribution in [2.24, 2.45) is 0 Å². The van der Waals surface area contributed by atoms with Crippen LogP contribution in [0.5, 0.6) is 0 Å². The van der Waals surface area contributed by atoms with E-state index in [2.05, 4.69) is 60.8 Å². The van der Waals surface area contributed by atoms with Crippen LogP contribution in [0.2, 0.25) is 0 Å². The molecule has 0 aliphatic rings. The number of anilines is 1. The first-order valence-electron chi connectivity index (χ1n) is 11.6. The van der Waals surface area contributed by atoms with Gasteiger partial charge in [-0.1, -0.05) is 65.5 Å². The topological polar surface area (TPSA) is 67.2 Å². The van der Waals surface area contributed by atoms with E-state index < -0.39 is 6.09 Å². The fourth-order valence-corrected chi connectivity index (χ4v) is 4.28. The first-order chi connectivity index (χ1) is 15.9. The van der Waals surface area contributed by atoms with Gasteiger partial charge in [-0.25, -0.2) is 4.79 Å². The predicted octanol–water partition coefficient (Wildman–Crippen LogP) is 8.83. The van der Waals surface area contributed by atoms with Crippen molar-refractivity contribution in [1.82, 2.24) is 9.55 Å². The second-order valence-electron chi connectivity index (χ2n) is 8.34. The number of amides is 1. The number of nitrogens with zero attached hydrogens (tertiary/aromatic N) is 2. The van der Waals surface area contributed by atoms with Crippen molar-refractivity contribution in [1.29, 1.82) is 0 Å². The minimum Gasteiger partial charge on any atom is -0.465 e. The molecule has 2 N–H and O–H groups in total. The molecule has 0 spiro atoms. The third kappa shape index (κ3) is 5.30. The van der Waals surface area contributed by atoms with E-state index in [1.807, 2.05) is 62.5 Å². The summed E-state index contributed by atoms with van der Waals surface area (Å²) in [6.45, 7) is 12.8. The van der Waals surface area contributed by atoms with E-state index in [0.717, 1.165) is 16.8 Å². The van der Waals surface area contributed by atoms with E-state index in [-0.39, 0.29) is 13.5 Å². The summed E-state index contributed by atoms with van der Waals surface area (Å²) in [5, 5.41) is 12.6. The summed E-state index contributed by atoms with van der Waals surface area (Å²) in [7, 11) is 0. The van der Waals surface area contributed by atoms with Gasteiger partial charge in [-0.15, -0.1) is 0 Å². The average molecular weight is 460 g/mol. The molecule has 0 aliphatic heterocycles. The molecule has 2 heterocycles. The molecule has 0 atom stereocenters. The number of fused-ring (bicyclic) bond motifs is 1. The van der Waals surface area contributed by atoms with Gasteiger partial charge >= 0.3 is 6.09 Å². The fraction of sp³-hybridized carbons (Fsp3) is 0.310. The highest BCUT2D eigenvalue weighted by molar-refractivity contribution is 5.95. The highest BCUT2D eigenvalue weighted by Gasteiger charge is 2.22. The lowest BCUT2D eigenvalue weighted by Crippen LogP contribution is -2.07. The van der Waals surface area contributed by atoms with E-state index in [9.17, 15) is 4.79 Å². The molecule has 4 rings (SSSR count). The summed E-state index contributed by atoms with van der Waals surface area (Å²) in [6.07, 6.45) is 0.757. The lowest BCUT2D eigenvalue weighted by molar-refractivity contribution is 0.209. The Balaban J connectivity index is 0.00000133. The van der Waals surface area contributed by atoms with Gasteiger partial charge < -0.3 is 9.67 Å². The van der Waals surface area contributed by atoms with E-state index in [1.165, 1.54) is 22.2 Å². The van der Waals surface area contributed by atoms with Crippen LogP contribution in [0.25, 0.3) is 33.4 Å². The van der Waals surface area contributed by atoms with Crippen LogP contribution in [0.4, 0.5) is 10.5 Å². The molecule has 0 unspecified atom stereocenters. The Kier molecular flexibility index (Phi) is 9.02. The van der Waals surface area contributed by atoms with Crippen molar-refractivity contribution < 1.29 is 9.90 Å². The van der Waals surface area contributed by atoms with E-state index >= 15 is 0 Å². The molecule has 5 nitrogen and oxygen atoms in total. The minimum absolute atomic E-state index is 0. The molecular weight excluding hydrogens is 422 g/mol. The molecule has 1 amide bonds. The van der Waals surface area contributed by atoms with Gasteiger partial charge in [0.1, 0.15) is 0 Å². The molecule has 2 aromatic heterocycles. The maximum atomic E-state index is 11.0. The average Bonchev–Trinajstić information content (AvgIpc) is 3.16. The largest absolute Gasteiger partial charge is 0.465 e. The van der Waals surface area contributed by atoms with Crippen molar-refractivity contribution in [3.63, 3.8) is 0 Å². The van der Waals surface area contributed by atoms with Crippen molar-refractivity contribution in [2.75, 3.05) is 5.32 Å². The van der Waals surface area contributed by atoms with Crippen LogP contribution in [0.3, 0.4) is 0 Å². The SMILES string of the molecule is C.CC.CC(C)c1c(-c2ccc(NC(=O)O)cc2)n(C(C)C)c2cc(-c3ccccn3)ccc12. The summed E-state index contributed by atoms with van der Waals surface area (Å²) in [5.74, 6) is 0.329. The second kappa shape index (κ2) is 11.5. The number of hydrogen-bond donors (Lipinski definition) is 2. The highest BCUT2D eigenvalue weighted by Crippen LogP contribution is 2.41. The third-order valence-electron chi connectivity index (χ3n) is 5.51. The van der Waals surface area contributed by atoms with E-state index in [0.29, 0.717) is 11.6 Å². The van der Waals surface area contributed by atoms with Crippen molar-refractivity contribution in [2.45, 2.75) is 60.9 Å². The van der Waals surface area contributed by atoms with Gasteiger partial charge in [-0.2, -0.15) is 0 Å². The molecule has 180 valence electrons. The molecule has 0 saturated heterocycles. The number of pyridine rings is 1. The lowest BCUT2D eigenvalue weighted by atomic mass is 9.95. The van der Waals surface area contributed by atoms with Crippen LogP contribution in [0.1, 0.15) is 66.5 Å². The van der Waals surface area contributed by atoms with Gasteiger partial charge in [0.2, 0.25) is 0 Å². The molecule has 0 bridgehead atoms. The maximum absolute atomic E-state index is 11.0. The Morgan fingerprint density at radius 2 is 1.59 bits per heavy atom. The van der Waals surface area contributed by atoms with Gasteiger partial charge in [-0.05, 0) is 61.2 Å². The predicted molar refractivity (Wildman–Crippen MR) is 145 cm³/mol. The Morgan fingerprint density at radius 1 is 0.941 bits per heavy atom. The van der Waals surface area contributed by atoms with Gasteiger partial charge in [-0.3, -0.25) is 10.3 Å². The molecular formula is C29H37N3O2. The monoisotopic (exact) mass is 459 g/mol. The first kappa shape index (κ1) is 26.7. The lowest BCUT2D eigenvalue weighted by Gasteiger charge is -2.18. The summed E-state index contributed by atoms with van der Waals surface area (Å²) in [4.78, 5) is 15.5. The number of benzene rings is 2. The number of rotatable bonds is 5. The molecule has 0 saturated carbocycles. The van der Waals surface area contributed by atoms with Crippen molar-refractivity contribution in [3.05, 3.63) is 72.4 Å². The Bertz CT molecular complexity index is 1220. The van der Waals surface area contributed by atoms with Gasteiger partial charge in [0, 0.05) is 34.4 Å². The normalized spacial score (nSPS) is 10.6. The zero-order valence-electron chi connectivity index (χ0n) is 20.3. The van der Waals surface area contributed by atoms with Crippen molar-refractivity contribution >= 4 is 22.7 Å². The van der Waals surface area contributed by atoms with Crippen LogP contribution >= 0.6 is 0 Å². The van der Waals surface area contributed by atoms with Gasteiger partial charge in [0.15, 0.2) is 0 Å². The third-order valence-corrected chi connectivity index (χ3v) is 5.51. The molecule has 34 heavy (non-hydrogen) atoms. The smallest absolute Gasteiger partial charge is 0.409 e. The van der Waals surface area contributed by atoms with Gasteiger partial charge in [0.05, 0.1) is 11.4 Å². The summed E-state index contributed by atoms with van der Waals surface area (Å²) in [5.41, 5.74) is 7.35. The Labute approximate surface area is 203 Å². The number of aromatic nitrogens is 2. The fourth-order valence-electron chi connectivity index (χ4n) is 4.28.